The van der Waals surface area contributed by atoms with Crippen LogP contribution in [0.4, 0.5) is 4.32 Å². The minimum Gasteiger partial charge on any atom is -0.495 e. The van der Waals surface area contributed by atoms with Crippen molar-refractivity contribution < 1.29 is 23.0 Å². The highest BCUT2D eigenvalue weighted by atomic mass is 32.2. The number of ether oxygens (including phenoxy) is 3. The fourth-order valence-electron chi connectivity index (χ4n) is 4.97. The van der Waals surface area contributed by atoms with Crippen molar-refractivity contribution >= 4 is 35.7 Å². The molecule has 5 nitrogen and oxygen atoms in total. The van der Waals surface area contributed by atoms with E-state index in [9.17, 15) is 0 Å². The van der Waals surface area contributed by atoms with E-state index in [4.69, 9.17) is 14.2 Å². The van der Waals surface area contributed by atoms with Crippen molar-refractivity contribution in [2.45, 2.75) is 32.6 Å². The second-order valence-corrected chi connectivity index (χ2v) is 9.35. The van der Waals surface area contributed by atoms with E-state index >= 15 is 4.32 Å². The number of hydrogen-bond acceptors (Lipinski definition) is 4. The molecule has 3 aliphatic rings. The molecular formula is C25H25BFN2O3S+. The lowest BCUT2D eigenvalue weighted by atomic mass is 9.95. The molecule has 0 amide bonds. The summed E-state index contributed by atoms with van der Waals surface area (Å²) in [6.45, 7) is 11.6. The molecule has 0 spiro atoms. The lowest BCUT2D eigenvalue weighted by Crippen LogP contribution is -2.40. The quantitative estimate of drug-likeness (QED) is 0.544. The van der Waals surface area contributed by atoms with Crippen LogP contribution in [-0.4, -0.2) is 36.2 Å². The van der Waals surface area contributed by atoms with Gasteiger partial charge in [0.2, 0.25) is 11.4 Å². The first-order valence-electron chi connectivity index (χ1n) is 10.7. The number of thioether (sulfide) groups is 1. The Bertz CT molecular complexity index is 1370. The molecule has 1 aromatic heterocycles. The lowest BCUT2D eigenvalue weighted by Gasteiger charge is -2.21. The molecule has 1 aromatic carbocycles. The van der Waals surface area contributed by atoms with Gasteiger partial charge in [-0.25, -0.2) is 8.80 Å². The van der Waals surface area contributed by atoms with Gasteiger partial charge in [0.25, 0.3) is 0 Å². The molecule has 0 aliphatic carbocycles. The second-order valence-electron chi connectivity index (χ2n) is 8.27. The van der Waals surface area contributed by atoms with Gasteiger partial charge >= 0.3 is 7.26 Å². The Morgan fingerprint density at radius 1 is 1.12 bits per heavy atom. The number of methoxy groups -OCH3 is 2. The minimum atomic E-state index is -1.40. The number of hydrogen-bond donors (Lipinski definition) is 0. The third kappa shape index (κ3) is 3.04. The van der Waals surface area contributed by atoms with Gasteiger partial charge in [-0.15, -0.1) is 0 Å². The van der Waals surface area contributed by atoms with Gasteiger partial charge in [-0.1, -0.05) is 24.4 Å². The van der Waals surface area contributed by atoms with E-state index in [1.54, 1.807) is 34.9 Å². The molecule has 8 heteroatoms. The van der Waals surface area contributed by atoms with Crippen LogP contribution in [0.2, 0.25) is 0 Å². The molecule has 168 valence electrons. The van der Waals surface area contributed by atoms with Crippen LogP contribution >= 0.6 is 11.8 Å². The van der Waals surface area contributed by atoms with Gasteiger partial charge in [-0.05, 0) is 45.1 Å². The number of allylic oxidation sites excluding steroid dienone is 3. The largest absolute Gasteiger partial charge is 0.846 e. The Labute approximate surface area is 197 Å². The van der Waals surface area contributed by atoms with Crippen molar-refractivity contribution in [2.24, 2.45) is 0 Å². The van der Waals surface area contributed by atoms with E-state index < -0.39 is 7.26 Å². The summed E-state index contributed by atoms with van der Waals surface area (Å²) in [4.78, 5) is 1.93. The van der Waals surface area contributed by atoms with Crippen LogP contribution in [0.1, 0.15) is 36.4 Å². The first kappa shape index (κ1) is 21.7. The van der Waals surface area contributed by atoms with Crippen molar-refractivity contribution in [3.05, 3.63) is 76.2 Å². The van der Waals surface area contributed by atoms with Gasteiger partial charge < -0.3 is 14.2 Å². The maximum absolute atomic E-state index is 16.1. The van der Waals surface area contributed by atoms with E-state index in [2.05, 4.69) is 12.6 Å². The van der Waals surface area contributed by atoms with Gasteiger partial charge in [-0.3, -0.25) is 4.48 Å². The maximum Gasteiger partial charge on any atom is 0.846 e. The van der Waals surface area contributed by atoms with Gasteiger partial charge in [-0.2, -0.15) is 0 Å². The maximum atomic E-state index is 16.1. The number of benzene rings is 1. The Balaban J connectivity index is 1.75. The molecule has 0 atom stereocenters. The minimum absolute atomic E-state index is 0.602. The smallest absolute Gasteiger partial charge is 0.495 e. The van der Waals surface area contributed by atoms with Crippen molar-refractivity contribution in [1.82, 2.24) is 4.48 Å². The molecule has 0 saturated carbocycles. The van der Waals surface area contributed by atoms with Crippen LogP contribution in [0.5, 0.6) is 11.5 Å². The van der Waals surface area contributed by atoms with Crippen LogP contribution < -0.4 is 9.47 Å². The van der Waals surface area contributed by atoms with Crippen LogP contribution in [0.15, 0.2) is 58.5 Å². The molecule has 0 N–H and O–H groups in total. The summed E-state index contributed by atoms with van der Waals surface area (Å²) in [6.07, 6.45) is 3.84. The van der Waals surface area contributed by atoms with E-state index in [0.29, 0.717) is 17.3 Å². The van der Waals surface area contributed by atoms with Gasteiger partial charge in [0.15, 0.2) is 5.76 Å². The highest BCUT2D eigenvalue weighted by Gasteiger charge is 2.54. The monoisotopic (exact) mass is 463 g/mol. The van der Waals surface area contributed by atoms with Crippen LogP contribution in [-0.2, 0) is 4.74 Å². The molecule has 0 fully saturated rings. The number of nitrogens with zero attached hydrogens (tertiary/aromatic N) is 2. The third-order valence-electron chi connectivity index (χ3n) is 6.41. The fraction of sp³-hybridized carbons (Fsp3) is 0.240. The first-order chi connectivity index (χ1) is 15.8. The van der Waals surface area contributed by atoms with Crippen LogP contribution in [0, 0.1) is 13.8 Å². The first-order valence-corrected chi connectivity index (χ1v) is 11.5. The highest BCUT2D eigenvalue weighted by molar-refractivity contribution is 8.08. The number of aromatic nitrogens is 1. The van der Waals surface area contributed by atoms with Crippen molar-refractivity contribution in [2.75, 3.05) is 14.2 Å². The predicted molar refractivity (Wildman–Crippen MR) is 131 cm³/mol. The van der Waals surface area contributed by atoms with E-state index in [-0.39, 0.29) is 0 Å². The molecule has 5 rings (SSSR count). The van der Waals surface area contributed by atoms with E-state index in [0.717, 1.165) is 55.0 Å². The van der Waals surface area contributed by atoms with E-state index in [1.807, 2.05) is 52.0 Å². The topological polar surface area (TPSA) is 35.6 Å². The standard InChI is InChI=1S/C25H25BFN2O3S/c1-13-8-9-18-10-11-19(12-20(18)32-13)33-25-21-14(2)23(30-6)16(4)28(21)26(27)29-17(5)24(31-7)15(3)22(25)29/h8-12H,1H2,2-7H3/q+1. The summed E-state index contributed by atoms with van der Waals surface area (Å²) in [7, 11) is 1.86. The summed E-state index contributed by atoms with van der Waals surface area (Å²) in [5.41, 5.74) is 5.96. The fourth-order valence-corrected chi connectivity index (χ4v) is 6.21. The summed E-state index contributed by atoms with van der Waals surface area (Å²) in [5.74, 6) is 2.77. The molecule has 0 radical (unpaired) electrons. The van der Waals surface area contributed by atoms with Gasteiger partial charge in [0, 0.05) is 22.9 Å². The summed E-state index contributed by atoms with van der Waals surface area (Å²) < 4.78 is 36.7. The average Bonchev–Trinajstić information content (AvgIpc) is 3.20. The third-order valence-corrected chi connectivity index (χ3v) is 7.49. The average molecular weight is 463 g/mol. The molecule has 3 aliphatic heterocycles. The van der Waals surface area contributed by atoms with Crippen molar-refractivity contribution in [3.8, 4) is 11.5 Å². The Morgan fingerprint density at radius 3 is 2.58 bits per heavy atom. The number of fused-ring (bicyclic) bond motifs is 3. The van der Waals surface area contributed by atoms with Gasteiger partial charge in [0.05, 0.1) is 31.2 Å². The summed E-state index contributed by atoms with van der Waals surface area (Å²) >= 11 is 1.58. The molecule has 0 saturated heterocycles. The summed E-state index contributed by atoms with van der Waals surface area (Å²) in [6, 6.07) is 6.08. The molecular weight excluding hydrogens is 438 g/mol. The van der Waals surface area contributed by atoms with Crippen LogP contribution in [0.3, 0.4) is 0 Å². The van der Waals surface area contributed by atoms with Gasteiger partial charge in [0.1, 0.15) is 22.2 Å². The number of halogens is 1. The molecule has 33 heavy (non-hydrogen) atoms. The van der Waals surface area contributed by atoms with Crippen molar-refractivity contribution in [1.29, 1.82) is 0 Å². The zero-order valence-electron chi connectivity index (χ0n) is 19.6. The van der Waals surface area contributed by atoms with Crippen LogP contribution in [0.25, 0.3) is 11.0 Å². The van der Waals surface area contributed by atoms with E-state index in [1.165, 1.54) is 0 Å². The molecule has 4 heterocycles. The summed E-state index contributed by atoms with van der Waals surface area (Å²) in [5, 5.41) is 0. The second kappa shape index (κ2) is 7.73. The normalized spacial score (nSPS) is 16.8. The Kier molecular flexibility index (Phi) is 5.08. The Morgan fingerprint density at radius 2 is 1.88 bits per heavy atom. The lowest BCUT2D eigenvalue weighted by molar-refractivity contribution is -0.337. The predicted octanol–water partition coefficient (Wildman–Crippen LogP) is 5.72. The molecule has 0 unspecified atom stereocenters. The molecule has 2 aromatic rings. The van der Waals surface area contributed by atoms with Crippen molar-refractivity contribution in [3.63, 3.8) is 0 Å². The molecule has 0 bridgehead atoms. The highest BCUT2D eigenvalue weighted by Crippen LogP contribution is 2.49. The Hall–Kier alpha value is -3.13. The zero-order chi connectivity index (χ0) is 23.6. The zero-order valence-corrected chi connectivity index (χ0v) is 20.4. The SMILES string of the molecule is C=C1C=Cc2ccc(SC3=C4C(C)=C(OC)C(C)=[N+]4B(F)n4c(C)c(OC)c(C)c43)cc2O1. The number of rotatable bonds is 4.